The van der Waals surface area contributed by atoms with E-state index >= 15 is 0 Å². The minimum Gasteiger partial charge on any atom is -0.0986 e. The first-order valence-electron chi connectivity index (χ1n) is 5.73. The van der Waals surface area contributed by atoms with Gasteiger partial charge in [0, 0.05) is 9.89 Å². The van der Waals surface area contributed by atoms with Crippen molar-refractivity contribution in [2.75, 3.05) is 0 Å². The SMILES string of the molecule is C=C1CC1(c1ccccc1)c1ccc(Br)cc1. The summed E-state index contributed by atoms with van der Waals surface area (Å²) in [5.74, 6) is 0. The Morgan fingerprint density at radius 3 is 1.94 bits per heavy atom. The minimum atomic E-state index is 0.0714. The number of allylic oxidation sites excluding steroid dienone is 1. The fraction of sp³-hybridized carbons (Fsp3) is 0.125. The van der Waals surface area contributed by atoms with Gasteiger partial charge in [-0.15, -0.1) is 0 Å². The Balaban J connectivity index is 2.11. The highest BCUT2D eigenvalue weighted by Gasteiger charge is 2.49. The Hall–Kier alpha value is -1.34. The highest BCUT2D eigenvalue weighted by Crippen LogP contribution is 2.57. The van der Waals surface area contributed by atoms with Crippen LogP contribution in [-0.2, 0) is 5.41 Å². The number of hydrogen-bond donors (Lipinski definition) is 0. The van der Waals surface area contributed by atoms with Gasteiger partial charge in [0.15, 0.2) is 0 Å². The zero-order chi connectivity index (χ0) is 11.9. The van der Waals surface area contributed by atoms with Crippen LogP contribution in [0, 0.1) is 0 Å². The molecule has 84 valence electrons. The van der Waals surface area contributed by atoms with Gasteiger partial charge in [-0.1, -0.05) is 70.5 Å². The van der Waals surface area contributed by atoms with Crippen LogP contribution >= 0.6 is 15.9 Å². The van der Waals surface area contributed by atoms with Gasteiger partial charge in [-0.3, -0.25) is 0 Å². The number of rotatable bonds is 2. The van der Waals surface area contributed by atoms with Crippen LogP contribution in [0.15, 0.2) is 71.2 Å². The predicted molar refractivity (Wildman–Crippen MR) is 75.1 cm³/mol. The molecule has 0 N–H and O–H groups in total. The van der Waals surface area contributed by atoms with Crippen LogP contribution in [-0.4, -0.2) is 0 Å². The van der Waals surface area contributed by atoms with Crippen molar-refractivity contribution < 1.29 is 0 Å². The summed E-state index contributed by atoms with van der Waals surface area (Å²) in [6, 6.07) is 19.2. The summed E-state index contributed by atoms with van der Waals surface area (Å²) in [5.41, 5.74) is 4.08. The van der Waals surface area contributed by atoms with Crippen molar-refractivity contribution in [3.05, 3.63) is 82.3 Å². The third-order valence-corrected chi connectivity index (χ3v) is 4.09. The Labute approximate surface area is 110 Å². The van der Waals surface area contributed by atoms with E-state index in [-0.39, 0.29) is 5.41 Å². The van der Waals surface area contributed by atoms with Crippen molar-refractivity contribution in [2.45, 2.75) is 11.8 Å². The molecule has 0 aromatic heterocycles. The summed E-state index contributed by atoms with van der Waals surface area (Å²) < 4.78 is 1.12. The van der Waals surface area contributed by atoms with Crippen molar-refractivity contribution in [3.8, 4) is 0 Å². The zero-order valence-corrected chi connectivity index (χ0v) is 11.1. The Morgan fingerprint density at radius 2 is 1.41 bits per heavy atom. The first-order chi connectivity index (χ1) is 8.23. The monoisotopic (exact) mass is 284 g/mol. The molecule has 0 radical (unpaired) electrons. The molecule has 1 atom stereocenters. The zero-order valence-electron chi connectivity index (χ0n) is 9.49. The molecule has 1 fully saturated rings. The van der Waals surface area contributed by atoms with E-state index in [0.29, 0.717) is 0 Å². The average molecular weight is 285 g/mol. The number of hydrogen-bond acceptors (Lipinski definition) is 0. The van der Waals surface area contributed by atoms with Gasteiger partial charge in [-0.25, -0.2) is 0 Å². The lowest BCUT2D eigenvalue weighted by molar-refractivity contribution is 0.881. The van der Waals surface area contributed by atoms with E-state index in [4.69, 9.17) is 0 Å². The maximum atomic E-state index is 4.18. The molecule has 1 aliphatic carbocycles. The molecule has 1 saturated carbocycles. The van der Waals surface area contributed by atoms with Crippen molar-refractivity contribution in [3.63, 3.8) is 0 Å². The molecule has 0 saturated heterocycles. The van der Waals surface area contributed by atoms with Crippen LogP contribution < -0.4 is 0 Å². The summed E-state index contributed by atoms with van der Waals surface area (Å²) in [6.45, 7) is 4.18. The molecule has 2 aromatic carbocycles. The van der Waals surface area contributed by atoms with Gasteiger partial charge in [0.1, 0.15) is 0 Å². The van der Waals surface area contributed by atoms with E-state index in [0.717, 1.165) is 10.9 Å². The van der Waals surface area contributed by atoms with Gasteiger partial charge in [-0.2, -0.15) is 0 Å². The largest absolute Gasteiger partial charge is 0.0986 e. The third kappa shape index (κ3) is 1.66. The molecule has 2 aromatic rings. The molecule has 1 heteroatoms. The van der Waals surface area contributed by atoms with E-state index < -0.39 is 0 Å². The minimum absolute atomic E-state index is 0.0714. The quantitative estimate of drug-likeness (QED) is 0.702. The molecule has 17 heavy (non-hydrogen) atoms. The van der Waals surface area contributed by atoms with Gasteiger partial charge < -0.3 is 0 Å². The fourth-order valence-electron chi connectivity index (χ4n) is 2.51. The van der Waals surface area contributed by atoms with Gasteiger partial charge >= 0.3 is 0 Å². The number of benzene rings is 2. The Bertz CT molecular complexity index is 554. The lowest BCUT2D eigenvalue weighted by Crippen LogP contribution is -2.08. The van der Waals surface area contributed by atoms with Crippen LogP contribution in [0.1, 0.15) is 17.5 Å². The lowest BCUT2D eigenvalue weighted by atomic mass is 9.87. The summed E-state index contributed by atoms with van der Waals surface area (Å²) in [4.78, 5) is 0. The van der Waals surface area contributed by atoms with Crippen molar-refractivity contribution >= 4 is 15.9 Å². The average Bonchev–Trinajstić information content (AvgIpc) is 3.04. The second kappa shape index (κ2) is 3.85. The molecule has 0 nitrogen and oxygen atoms in total. The van der Waals surface area contributed by atoms with E-state index in [1.54, 1.807) is 0 Å². The Morgan fingerprint density at radius 1 is 0.882 bits per heavy atom. The summed E-state index contributed by atoms with van der Waals surface area (Å²) in [6.07, 6.45) is 1.07. The highest BCUT2D eigenvalue weighted by atomic mass is 79.9. The second-order valence-corrected chi connectivity index (χ2v) is 5.47. The first-order valence-corrected chi connectivity index (χ1v) is 6.52. The van der Waals surface area contributed by atoms with E-state index in [1.165, 1.54) is 16.7 Å². The summed E-state index contributed by atoms with van der Waals surface area (Å²) >= 11 is 3.48. The van der Waals surface area contributed by atoms with E-state index in [2.05, 4.69) is 77.1 Å². The van der Waals surface area contributed by atoms with Crippen LogP contribution in [0.5, 0.6) is 0 Å². The summed E-state index contributed by atoms with van der Waals surface area (Å²) in [5, 5.41) is 0. The van der Waals surface area contributed by atoms with Crippen LogP contribution in [0.4, 0.5) is 0 Å². The normalized spacial score (nSPS) is 22.5. The van der Waals surface area contributed by atoms with Gasteiger partial charge in [0.25, 0.3) is 0 Å². The van der Waals surface area contributed by atoms with Crippen molar-refractivity contribution in [2.24, 2.45) is 0 Å². The molecule has 0 bridgehead atoms. The maximum Gasteiger partial charge on any atom is 0.0446 e. The molecule has 0 amide bonds. The van der Waals surface area contributed by atoms with Crippen LogP contribution in [0.3, 0.4) is 0 Å². The topological polar surface area (TPSA) is 0 Å². The van der Waals surface area contributed by atoms with Crippen molar-refractivity contribution in [1.29, 1.82) is 0 Å². The van der Waals surface area contributed by atoms with Gasteiger partial charge in [0.2, 0.25) is 0 Å². The standard InChI is InChI=1S/C16H13Br/c1-12-11-16(12,13-5-3-2-4-6-13)14-7-9-15(17)10-8-14/h2-10H,1,11H2. The Kier molecular flexibility index (Phi) is 2.44. The smallest absolute Gasteiger partial charge is 0.0446 e. The molecule has 0 heterocycles. The molecular formula is C16H13Br. The highest BCUT2D eigenvalue weighted by molar-refractivity contribution is 9.10. The molecular weight excluding hydrogens is 272 g/mol. The van der Waals surface area contributed by atoms with Crippen LogP contribution in [0.2, 0.25) is 0 Å². The number of halogens is 1. The third-order valence-electron chi connectivity index (χ3n) is 3.56. The second-order valence-electron chi connectivity index (χ2n) is 4.56. The molecule has 3 rings (SSSR count). The molecule has 0 spiro atoms. The predicted octanol–water partition coefficient (Wildman–Crippen LogP) is 4.70. The van der Waals surface area contributed by atoms with E-state index in [9.17, 15) is 0 Å². The fourth-order valence-corrected chi connectivity index (χ4v) is 2.78. The molecule has 1 unspecified atom stereocenters. The lowest BCUT2D eigenvalue weighted by Gasteiger charge is -2.16. The first kappa shape index (κ1) is 10.8. The summed E-state index contributed by atoms with van der Waals surface area (Å²) in [7, 11) is 0. The molecule has 0 aliphatic heterocycles. The van der Waals surface area contributed by atoms with Gasteiger partial charge in [0.05, 0.1) is 0 Å². The van der Waals surface area contributed by atoms with Crippen LogP contribution in [0.25, 0.3) is 0 Å². The van der Waals surface area contributed by atoms with E-state index in [1.807, 2.05) is 0 Å². The maximum absolute atomic E-state index is 4.18. The molecule has 1 aliphatic rings. The van der Waals surface area contributed by atoms with Gasteiger partial charge in [-0.05, 0) is 29.7 Å². The van der Waals surface area contributed by atoms with Crippen molar-refractivity contribution in [1.82, 2.24) is 0 Å².